The molecule has 0 amide bonds. The molecule has 0 aliphatic rings. The maximum absolute atomic E-state index is 5.54. The van der Waals surface area contributed by atoms with Crippen molar-refractivity contribution >= 4 is 0 Å². The number of nitrogens with zero attached hydrogens (tertiary/aromatic N) is 3. The van der Waals surface area contributed by atoms with Gasteiger partial charge in [-0.25, -0.2) is 9.67 Å². The van der Waals surface area contributed by atoms with E-state index in [2.05, 4.69) is 48.2 Å². The number of hydrogen-bond acceptors (Lipinski definition) is 3. The average molecular weight is 244 g/mol. The Morgan fingerprint density at radius 2 is 1.89 bits per heavy atom. The second-order valence-electron chi connectivity index (χ2n) is 4.79. The van der Waals surface area contributed by atoms with Gasteiger partial charge in [0.2, 0.25) is 0 Å². The Bertz CT molecular complexity index is 511. The number of benzene rings is 1. The molecule has 4 nitrogen and oxygen atoms in total. The highest BCUT2D eigenvalue weighted by molar-refractivity contribution is 5.34. The minimum absolute atomic E-state index is 0.349. The molecule has 0 fully saturated rings. The molecule has 1 aromatic heterocycles. The van der Waals surface area contributed by atoms with Crippen LogP contribution in [0.2, 0.25) is 0 Å². The summed E-state index contributed by atoms with van der Waals surface area (Å²) < 4.78 is 1.89. The molecule has 96 valence electrons. The van der Waals surface area contributed by atoms with Crippen LogP contribution in [0, 0.1) is 6.92 Å². The molecule has 2 aromatic rings. The fourth-order valence-corrected chi connectivity index (χ4v) is 1.87. The number of aromatic nitrogens is 3. The van der Waals surface area contributed by atoms with Crippen LogP contribution in [0.1, 0.15) is 37.0 Å². The van der Waals surface area contributed by atoms with Gasteiger partial charge in [-0.05, 0) is 37.6 Å². The van der Waals surface area contributed by atoms with Gasteiger partial charge in [-0.3, -0.25) is 0 Å². The van der Waals surface area contributed by atoms with Crippen molar-refractivity contribution in [1.82, 2.24) is 14.8 Å². The highest BCUT2D eigenvalue weighted by atomic mass is 15.3. The van der Waals surface area contributed by atoms with Crippen molar-refractivity contribution in [2.45, 2.75) is 33.1 Å². The van der Waals surface area contributed by atoms with Crippen LogP contribution >= 0.6 is 0 Å². The summed E-state index contributed by atoms with van der Waals surface area (Å²) in [6.45, 7) is 6.86. The van der Waals surface area contributed by atoms with Crippen molar-refractivity contribution in [2.24, 2.45) is 5.73 Å². The molecule has 0 aliphatic carbocycles. The largest absolute Gasteiger partial charge is 0.330 e. The van der Waals surface area contributed by atoms with Crippen LogP contribution in [0.5, 0.6) is 0 Å². The van der Waals surface area contributed by atoms with Gasteiger partial charge in [0, 0.05) is 5.92 Å². The lowest BCUT2D eigenvalue weighted by Gasteiger charge is -2.04. The van der Waals surface area contributed by atoms with Crippen LogP contribution < -0.4 is 5.73 Å². The quantitative estimate of drug-likeness (QED) is 0.897. The summed E-state index contributed by atoms with van der Waals surface area (Å²) in [5, 5.41) is 4.54. The van der Waals surface area contributed by atoms with Gasteiger partial charge in [-0.1, -0.05) is 26.0 Å². The second kappa shape index (κ2) is 5.31. The Morgan fingerprint density at radius 3 is 2.39 bits per heavy atom. The van der Waals surface area contributed by atoms with Crippen LogP contribution in [-0.2, 0) is 6.42 Å². The van der Waals surface area contributed by atoms with Gasteiger partial charge >= 0.3 is 0 Å². The first-order valence-corrected chi connectivity index (χ1v) is 6.34. The SMILES string of the molecule is Cc1nc(C(C)C)nn1-c1ccc(CCN)cc1. The lowest BCUT2D eigenvalue weighted by atomic mass is 10.1. The molecular formula is C14H20N4. The smallest absolute Gasteiger partial charge is 0.153 e. The van der Waals surface area contributed by atoms with Crippen molar-refractivity contribution in [3.63, 3.8) is 0 Å². The molecular weight excluding hydrogens is 224 g/mol. The molecule has 2 rings (SSSR count). The summed E-state index contributed by atoms with van der Waals surface area (Å²) >= 11 is 0. The van der Waals surface area contributed by atoms with Gasteiger partial charge in [0.1, 0.15) is 5.82 Å². The predicted octanol–water partition coefficient (Wildman–Crippen LogP) is 2.20. The first-order chi connectivity index (χ1) is 8.61. The normalized spacial score (nSPS) is 11.2. The van der Waals surface area contributed by atoms with E-state index in [0.29, 0.717) is 12.5 Å². The topological polar surface area (TPSA) is 56.7 Å². The monoisotopic (exact) mass is 244 g/mol. The Labute approximate surface area is 108 Å². The van der Waals surface area contributed by atoms with Gasteiger partial charge in [0.25, 0.3) is 0 Å². The first-order valence-electron chi connectivity index (χ1n) is 6.34. The van der Waals surface area contributed by atoms with Crippen molar-refractivity contribution in [2.75, 3.05) is 6.54 Å². The number of nitrogens with two attached hydrogens (primary N) is 1. The molecule has 0 spiro atoms. The molecule has 0 aliphatic heterocycles. The molecule has 0 unspecified atom stereocenters. The summed E-state index contributed by atoms with van der Waals surface area (Å²) in [6, 6.07) is 8.32. The van der Waals surface area contributed by atoms with E-state index < -0.39 is 0 Å². The first kappa shape index (κ1) is 12.8. The van der Waals surface area contributed by atoms with Crippen LogP contribution in [0.3, 0.4) is 0 Å². The van der Waals surface area contributed by atoms with Crippen LogP contribution in [0.4, 0.5) is 0 Å². The van der Waals surface area contributed by atoms with Crippen LogP contribution in [0.25, 0.3) is 5.69 Å². The minimum Gasteiger partial charge on any atom is -0.330 e. The Balaban J connectivity index is 2.30. The number of aryl methyl sites for hydroxylation is 1. The number of hydrogen-bond donors (Lipinski definition) is 1. The fraction of sp³-hybridized carbons (Fsp3) is 0.429. The summed E-state index contributed by atoms with van der Waals surface area (Å²) in [5.41, 5.74) is 7.84. The molecule has 1 aromatic carbocycles. The molecule has 0 atom stereocenters. The second-order valence-corrected chi connectivity index (χ2v) is 4.79. The van der Waals surface area contributed by atoms with E-state index in [9.17, 15) is 0 Å². The lowest BCUT2D eigenvalue weighted by molar-refractivity contribution is 0.751. The highest BCUT2D eigenvalue weighted by Crippen LogP contribution is 2.15. The minimum atomic E-state index is 0.349. The van der Waals surface area contributed by atoms with Crippen molar-refractivity contribution < 1.29 is 0 Å². The van der Waals surface area contributed by atoms with Gasteiger partial charge < -0.3 is 5.73 Å². The van der Waals surface area contributed by atoms with Gasteiger partial charge in [-0.2, -0.15) is 5.10 Å². The standard InChI is InChI=1S/C14H20N4/c1-10(2)14-16-11(3)18(17-14)13-6-4-12(5-7-13)8-9-15/h4-7,10H,8-9,15H2,1-3H3. The van der Waals surface area contributed by atoms with E-state index >= 15 is 0 Å². The molecule has 0 saturated carbocycles. The van der Waals surface area contributed by atoms with E-state index in [1.165, 1.54) is 5.56 Å². The molecule has 18 heavy (non-hydrogen) atoms. The molecule has 1 heterocycles. The van der Waals surface area contributed by atoms with Gasteiger partial charge in [0.15, 0.2) is 5.82 Å². The van der Waals surface area contributed by atoms with Gasteiger partial charge in [-0.15, -0.1) is 0 Å². The van der Waals surface area contributed by atoms with Crippen molar-refractivity contribution in [3.8, 4) is 5.69 Å². The van der Waals surface area contributed by atoms with Crippen molar-refractivity contribution in [3.05, 3.63) is 41.5 Å². The zero-order chi connectivity index (χ0) is 13.1. The van der Waals surface area contributed by atoms with E-state index in [-0.39, 0.29) is 0 Å². The van der Waals surface area contributed by atoms with Crippen molar-refractivity contribution in [1.29, 1.82) is 0 Å². The maximum atomic E-state index is 5.54. The molecule has 4 heteroatoms. The van der Waals surface area contributed by atoms with Crippen LogP contribution in [-0.4, -0.2) is 21.3 Å². The summed E-state index contributed by atoms with van der Waals surface area (Å²) in [4.78, 5) is 4.48. The third kappa shape index (κ3) is 2.59. The summed E-state index contributed by atoms with van der Waals surface area (Å²) in [5.74, 6) is 2.16. The van der Waals surface area contributed by atoms with Gasteiger partial charge in [0.05, 0.1) is 5.69 Å². The maximum Gasteiger partial charge on any atom is 0.153 e. The summed E-state index contributed by atoms with van der Waals surface area (Å²) in [6.07, 6.45) is 0.911. The fourth-order valence-electron chi connectivity index (χ4n) is 1.87. The van der Waals surface area contributed by atoms with Crippen LogP contribution in [0.15, 0.2) is 24.3 Å². The Hall–Kier alpha value is -1.68. The lowest BCUT2D eigenvalue weighted by Crippen LogP contribution is -2.04. The Kier molecular flexibility index (Phi) is 3.77. The zero-order valence-corrected chi connectivity index (χ0v) is 11.2. The predicted molar refractivity (Wildman–Crippen MR) is 72.9 cm³/mol. The average Bonchev–Trinajstić information content (AvgIpc) is 2.73. The summed E-state index contributed by atoms with van der Waals surface area (Å²) in [7, 11) is 0. The zero-order valence-electron chi connectivity index (χ0n) is 11.2. The van der Waals surface area contributed by atoms with E-state index in [0.717, 1.165) is 23.8 Å². The third-order valence-corrected chi connectivity index (χ3v) is 2.92. The van der Waals surface area contributed by atoms with E-state index in [1.807, 2.05) is 11.6 Å². The molecule has 0 saturated heterocycles. The highest BCUT2D eigenvalue weighted by Gasteiger charge is 2.10. The molecule has 0 radical (unpaired) electrons. The third-order valence-electron chi connectivity index (χ3n) is 2.92. The van der Waals surface area contributed by atoms with E-state index in [1.54, 1.807) is 0 Å². The molecule has 0 bridgehead atoms. The van der Waals surface area contributed by atoms with E-state index in [4.69, 9.17) is 5.73 Å². The number of rotatable bonds is 4. The Morgan fingerprint density at radius 1 is 1.22 bits per heavy atom. The molecule has 2 N–H and O–H groups in total.